The van der Waals surface area contributed by atoms with Gasteiger partial charge in [-0.1, -0.05) is 30.3 Å². The number of oxazole rings is 1. The molecule has 4 heterocycles. The van der Waals surface area contributed by atoms with Crippen LogP contribution in [0.25, 0.3) is 33.1 Å². The predicted molar refractivity (Wildman–Crippen MR) is 261 cm³/mol. The third-order valence-electron chi connectivity index (χ3n) is 12.6. The van der Waals surface area contributed by atoms with E-state index < -0.39 is 57.3 Å². The number of carbonyl (C=O) groups is 7. The number of benzene rings is 3. The largest absolute Gasteiger partial charge is 0.480 e. The van der Waals surface area contributed by atoms with Gasteiger partial charge in [-0.25, -0.2) is 13.4 Å². The quantitative estimate of drug-likeness (QED) is 0.0577. The number of aromatic nitrogens is 2. The molecule has 5 N–H and O–H groups in total. The average molecular weight is 1010 g/mol. The Labute approximate surface area is 414 Å². The predicted octanol–water partition coefficient (Wildman–Crippen LogP) is 1.40. The zero-order valence-electron chi connectivity index (χ0n) is 39.5. The van der Waals surface area contributed by atoms with E-state index in [1.54, 1.807) is 74.2 Å². The lowest BCUT2D eigenvalue weighted by Gasteiger charge is -2.32. The molecule has 2 aromatic heterocycles. The SMILES string of the molecule is O=C(O)CN1CCN(CC(=O)O)CCN(CC(=O)NCCCS(=O)(=O)c2ccc(-c3ccc4nccc(C(=O)NCC(=O)N5CCC[C@H]5C(=O)c5nc6ccccc6o5)c4c3)cc2)CCN(CC(=O)O)CC1. The summed E-state index contributed by atoms with van der Waals surface area (Å²) in [5, 5.41) is 34.3. The molecule has 2 aliphatic rings. The van der Waals surface area contributed by atoms with Gasteiger partial charge in [0.1, 0.15) is 11.6 Å². The van der Waals surface area contributed by atoms with Gasteiger partial charge in [0.25, 0.3) is 11.8 Å². The zero-order chi connectivity index (χ0) is 51.4. The molecule has 0 aliphatic carbocycles. The van der Waals surface area contributed by atoms with Gasteiger partial charge in [0.15, 0.2) is 15.4 Å². The lowest BCUT2D eigenvalue weighted by atomic mass is 10.0. The number of carbonyl (C=O) groups excluding carboxylic acids is 4. The van der Waals surface area contributed by atoms with E-state index >= 15 is 0 Å². The number of nitrogens with zero attached hydrogens (tertiary/aromatic N) is 7. The van der Waals surface area contributed by atoms with Gasteiger partial charge in [-0.15, -0.1) is 0 Å². The summed E-state index contributed by atoms with van der Waals surface area (Å²) in [6.45, 7) is 1.01. The normalized spacial score (nSPS) is 17.0. The minimum atomic E-state index is -3.78. The maximum atomic E-state index is 13.6. The van der Waals surface area contributed by atoms with Gasteiger partial charge in [0.2, 0.25) is 17.6 Å². The van der Waals surface area contributed by atoms with Crippen molar-refractivity contribution in [2.75, 3.05) is 104 Å². The number of rotatable bonds is 19. The lowest BCUT2D eigenvalue weighted by molar-refractivity contribution is -0.140. The van der Waals surface area contributed by atoms with Crippen LogP contribution >= 0.6 is 0 Å². The summed E-state index contributed by atoms with van der Waals surface area (Å²) in [5.41, 5.74) is 3.12. The van der Waals surface area contributed by atoms with Crippen molar-refractivity contribution in [3.8, 4) is 11.1 Å². The Morgan fingerprint density at radius 1 is 0.667 bits per heavy atom. The number of carboxylic acids is 3. The summed E-state index contributed by atoms with van der Waals surface area (Å²) in [7, 11) is -3.78. The van der Waals surface area contributed by atoms with E-state index in [0.717, 1.165) is 0 Å². The van der Waals surface area contributed by atoms with E-state index in [0.29, 0.717) is 52.5 Å². The number of likely N-dealkylation sites (tertiary alicyclic amines) is 1. The molecule has 72 heavy (non-hydrogen) atoms. The number of amides is 3. The van der Waals surface area contributed by atoms with Gasteiger partial charge in [0.05, 0.1) is 54.5 Å². The average Bonchev–Trinajstić information content (AvgIpc) is 4.03. The fraction of sp³-hybridized carbons (Fsp3) is 0.408. The number of pyridine rings is 1. The van der Waals surface area contributed by atoms with Crippen LogP contribution in [-0.4, -0.2) is 210 Å². The molecule has 0 saturated carbocycles. The van der Waals surface area contributed by atoms with E-state index in [1.807, 2.05) is 0 Å². The van der Waals surface area contributed by atoms with Gasteiger partial charge in [-0.3, -0.25) is 58.1 Å². The molecule has 0 spiro atoms. The van der Waals surface area contributed by atoms with Crippen LogP contribution in [0, 0.1) is 0 Å². The Morgan fingerprint density at radius 2 is 1.25 bits per heavy atom. The fourth-order valence-electron chi connectivity index (χ4n) is 8.84. The summed E-state index contributed by atoms with van der Waals surface area (Å²) < 4.78 is 32.5. The molecule has 2 aliphatic heterocycles. The topological polar surface area (TPSA) is 294 Å². The molecule has 3 amide bonds. The highest BCUT2D eigenvalue weighted by atomic mass is 32.2. The van der Waals surface area contributed by atoms with Crippen LogP contribution in [0.3, 0.4) is 0 Å². The van der Waals surface area contributed by atoms with Crippen LogP contribution in [0.4, 0.5) is 0 Å². The fourth-order valence-corrected chi connectivity index (χ4v) is 10.2. The lowest BCUT2D eigenvalue weighted by Crippen LogP contribution is -2.49. The first-order valence-electron chi connectivity index (χ1n) is 23.5. The number of hydrogen-bond donors (Lipinski definition) is 5. The number of nitrogens with one attached hydrogen (secondary N) is 2. The van der Waals surface area contributed by atoms with Crippen LogP contribution in [-0.2, 0) is 33.8 Å². The number of Topliss-reactive ketones (excluding diaryl/α,β-unsaturated/α-hetero) is 1. The molecule has 3 aromatic carbocycles. The van der Waals surface area contributed by atoms with Gasteiger partial charge in [-0.2, -0.15) is 0 Å². The number of hydrogen-bond acceptors (Lipinski definition) is 16. The van der Waals surface area contributed by atoms with E-state index in [1.165, 1.54) is 29.3 Å². The summed E-state index contributed by atoms with van der Waals surface area (Å²) in [4.78, 5) is 105. The standard InChI is InChI=1S/C49H57N9O13S/c59-42(29-54-18-20-55(30-44(61)62)22-24-57(32-46(65)66)25-23-56(21-19-54)31-45(63)64)51-15-4-26-72(69,70)35-11-8-33(9-12-35)34-10-13-38-37(27-34)36(14-16-50-38)48(68)52-28-43(60)58-17-3-6-40(58)47(67)49-53-39-5-1-2-7-41(39)71-49/h1-2,5,7-14,16,27,40H,3-4,6,15,17-26,28-32H2,(H,51,59)(H,52,68)(H,61,62)(H,63,64)(H,65,66)/t40-/m0/s1. The molecule has 23 heteroatoms. The van der Waals surface area contributed by atoms with E-state index in [-0.39, 0.29) is 120 Å². The summed E-state index contributed by atoms with van der Waals surface area (Å²) >= 11 is 0. The Kier molecular flexibility index (Phi) is 17.8. The zero-order valence-corrected chi connectivity index (χ0v) is 40.3. The maximum Gasteiger partial charge on any atom is 0.317 e. The van der Waals surface area contributed by atoms with Crippen molar-refractivity contribution in [1.82, 2.24) is 45.1 Å². The number of carboxylic acid groups (broad SMARTS) is 3. The molecule has 2 fully saturated rings. The number of ketones is 1. The van der Waals surface area contributed by atoms with Crippen LogP contribution < -0.4 is 10.6 Å². The van der Waals surface area contributed by atoms with Crippen molar-refractivity contribution >= 4 is 73.3 Å². The molecule has 0 bridgehead atoms. The van der Waals surface area contributed by atoms with Crippen molar-refractivity contribution < 1.29 is 61.7 Å². The van der Waals surface area contributed by atoms with Gasteiger partial charge in [0, 0.05) is 77.0 Å². The van der Waals surface area contributed by atoms with Crippen molar-refractivity contribution in [2.45, 2.75) is 30.2 Å². The van der Waals surface area contributed by atoms with Crippen LogP contribution in [0.1, 0.15) is 40.3 Å². The summed E-state index contributed by atoms with van der Waals surface area (Å²) in [5.74, 6) is -5.27. The Bertz CT molecular complexity index is 2850. The minimum absolute atomic E-state index is 0.0502. The number of sulfone groups is 1. The molecule has 382 valence electrons. The number of aliphatic carboxylic acids is 3. The molecule has 22 nitrogen and oxygen atoms in total. The van der Waals surface area contributed by atoms with Crippen LogP contribution in [0.15, 0.2) is 88.3 Å². The second kappa shape index (κ2) is 24.3. The summed E-state index contributed by atoms with van der Waals surface area (Å²) in [6.07, 6.45) is 2.63. The first-order valence-corrected chi connectivity index (χ1v) is 25.2. The Hall–Kier alpha value is -7.18. The molecule has 0 radical (unpaired) electrons. The van der Waals surface area contributed by atoms with Gasteiger partial charge >= 0.3 is 17.9 Å². The molecular formula is C49H57N9O13S. The van der Waals surface area contributed by atoms with Gasteiger partial charge in [-0.05, 0) is 72.9 Å². The summed E-state index contributed by atoms with van der Waals surface area (Å²) in [6, 6.07) is 19.3. The number of fused-ring (bicyclic) bond motifs is 2. The smallest absolute Gasteiger partial charge is 0.317 e. The first-order chi connectivity index (χ1) is 34.5. The van der Waals surface area contributed by atoms with Crippen LogP contribution in [0.2, 0.25) is 0 Å². The van der Waals surface area contributed by atoms with Crippen molar-refractivity contribution in [3.05, 3.63) is 90.4 Å². The first kappa shape index (κ1) is 52.6. The highest BCUT2D eigenvalue weighted by Gasteiger charge is 2.37. The third kappa shape index (κ3) is 14.2. The van der Waals surface area contributed by atoms with E-state index in [4.69, 9.17) is 4.42 Å². The molecule has 5 aromatic rings. The molecule has 1 atom stereocenters. The molecule has 0 unspecified atom stereocenters. The Balaban J connectivity index is 0.913. The monoisotopic (exact) mass is 1010 g/mol. The highest BCUT2D eigenvalue weighted by molar-refractivity contribution is 7.91. The Morgan fingerprint density at radius 3 is 1.85 bits per heavy atom. The van der Waals surface area contributed by atoms with Gasteiger partial charge < -0.3 is 35.3 Å². The van der Waals surface area contributed by atoms with E-state index in [9.17, 15) is 57.3 Å². The van der Waals surface area contributed by atoms with E-state index in [2.05, 4.69) is 20.6 Å². The van der Waals surface area contributed by atoms with Crippen molar-refractivity contribution in [1.29, 1.82) is 0 Å². The molecule has 7 rings (SSSR count). The second-order valence-electron chi connectivity index (χ2n) is 17.7. The number of para-hydroxylation sites is 2. The third-order valence-corrected chi connectivity index (χ3v) is 14.4. The highest BCUT2D eigenvalue weighted by Crippen LogP contribution is 2.28. The minimum Gasteiger partial charge on any atom is -0.480 e. The van der Waals surface area contributed by atoms with Crippen LogP contribution in [0.5, 0.6) is 0 Å². The second-order valence-corrected chi connectivity index (χ2v) is 19.8. The van der Waals surface area contributed by atoms with Crippen molar-refractivity contribution in [2.24, 2.45) is 0 Å². The molecule has 2 saturated heterocycles. The van der Waals surface area contributed by atoms with Crippen molar-refractivity contribution in [3.63, 3.8) is 0 Å². The molecular weight excluding hydrogens is 955 g/mol. The maximum absolute atomic E-state index is 13.6.